The SMILES string of the molecule is COCCNc1[c]ccc(N(C)CC[As](C)C)c1. The van der Waals surface area contributed by atoms with Crippen LogP contribution in [-0.4, -0.2) is 48.5 Å². The second-order valence-electron chi connectivity index (χ2n) is 4.60. The average Bonchev–Trinajstić information content (AvgIpc) is 2.36. The molecule has 0 saturated heterocycles. The molecule has 0 spiro atoms. The van der Waals surface area contributed by atoms with Gasteiger partial charge in [-0.15, -0.1) is 0 Å². The van der Waals surface area contributed by atoms with Gasteiger partial charge in [0.25, 0.3) is 0 Å². The van der Waals surface area contributed by atoms with Gasteiger partial charge in [0, 0.05) is 0 Å². The molecule has 18 heavy (non-hydrogen) atoms. The van der Waals surface area contributed by atoms with Crippen molar-refractivity contribution in [3.63, 3.8) is 0 Å². The van der Waals surface area contributed by atoms with Crippen LogP contribution in [0.3, 0.4) is 0 Å². The van der Waals surface area contributed by atoms with Crippen molar-refractivity contribution in [2.24, 2.45) is 0 Å². The molecule has 0 bridgehead atoms. The van der Waals surface area contributed by atoms with Crippen molar-refractivity contribution < 1.29 is 4.74 Å². The maximum absolute atomic E-state index is 5.02. The number of hydrogen-bond donors (Lipinski definition) is 1. The van der Waals surface area contributed by atoms with Crippen LogP contribution in [0.25, 0.3) is 0 Å². The summed E-state index contributed by atoms with van der Waals surface area (Å²) in [5.41, 5.74) is 7.10. The van der Waals surface area contributed by atoms with Crippen LogP contribution in [-0.2, 0) is 4.74 Å². The first-order chi connectivity index (χ1) is 8.63. The van der Waals surface area contributed by atoms with Crippen molar-refractivity contribution >= 4 is 26.0 Å². The zero-order valence-electron chi connectivity index (χ0n) is 11.9. The van der Waals surface area contributed by atoms with Crippen LogP contribution in [0.2, 0.25) is 16.6 Å². The molecule has 1 aromatic carbocycles. The molecule has 4 heteroatoms. The van der Waals surface area contributed by atoms with Gasteiger partial charge in [-0.25, -0.2) is 0 Å². The Kier molecular flexibility index (Phi) is 7.22. The normalized spacial score (nSPS) is 10.7. The molecule has 1 rings (SSSR count). The van der Waals surface area contributed by atoms with Crippen LogP contribution in [0.4, 0.5) is 11.4 Å². The van der Waals surface area contributed by atoms with Gasteiger partial charge in [0.2, 0.25) is 0 Å². The first kappa shape index (κ1) is 15.4. The van der Waals surface area contributed by atoms with Gasteiger partial charge in [-0.2, -0.15) is 0 Å². The molecule has 0 amide bonds. The van der Waals surface area contributed by atoms with Crippen LogP contribution in [0.1, 0.15) is 0 Å². The van der Waals surface area contributed by atoms with E-state index in [2.05, 4.69) is 46.9 Å². The quantitative estimate of drug-likeness (QED) is 0.590. The third-order valence-electron chi connectivity index (χ3n) is 2.73. The first-order valence-corrected chi connectivity index (χ1v) is 11.3. The fourth-order valence-corrected chi connectivity index (χ4v) is 3.03. The summed E-state index contributed by atoms with van der Waals surface area (Å²) >= 11 is -0.527. The Balaban J connectivity index is 2.52. The monoisotopic (exact) mass is 311 g/mol. The molecule has 1 aromatic rings. The van der Waals surface area contributed by atoms with E-state index in [0.717, 1.165) is 18.8 Å². The van der Waals surface area contributed by atoms with E-state index >= 15 is 0 Å². The average molecular weight is 311 g/mol. The van der Waals surface area contributed by atoms with Crippen molar-refractivity contribution in [3.8, 4) is 0 Å². The second kappa shape index (κ2) is 8.44. The van der Waals surface area contributed by atoms with E-state index in [1.54, 1.807) is 7.11 Å². The Morgan fingerprint density at radius 1 is 1.44 bits per heavy atom. The summed E-state index contributed by atoms with van der Waals surface area (Å²) in [4.78, 5) is 2.32. The number of benzene rings is 1. The Morgan fingerprint density at radius 3 is 2.89 bits per heavy atom. The molecule has 0 aliphatic carbocycles. The van der Waals surface area contributed by atoms with Crippen LogP contribution >= 0.6 is 0 Å². The second-order valence-corrected chi connectivity index (χ2v) is 10.1. The Morgan fingerprint density at radius 2 is 2.22 bits per heavy atom. The Bertz CT molecular complexity index is 344. The van der Waals surface area contributed by atoms with Crippen LogP contribution in [0.15, 0.2) is 18.2 Å². The summed E-state index contributed by atoms with van der Waals surface area (Å²) in [6.07, 6.45) is 0. The predicted molar refractivity (Wildman–Crippen MR) is 81.2 cm³/mol. The third kappa shape index (κ3) is 5.79. The molecule has 1 radical (unpaired) electrons. The Labute approximate surface area is 116 Å². The zero-order valence-corrected chi connectivity index (χ0v) is 13.7. The molecule has 0 saturated carbocycles. The Hall–Kier alpha value is -0.662. The summed E-state index contributed by atoms with van der Waals surface area (Å²) in [7, 11) is 3.87. The number of ether oxygens (including phenoxy) is 1. The molecule has 0 heterocycles. The molecule has 0 aliphatic heterocycles. The molecule has 0 aliphatic rings. The van der Waals surface area contributed by atoms with E-state index in [9.17, 15) is 0 Å². The molecule has 0 unspecified atom stereocenters. The summed E-state index contributed by atoms with van der Waals surface area (Å²) in [6.45, 7) is 2.68. The molecule has 0 atom stereocenters. The number of rotatable bonds is 8. The minimum atomic E-state index is -0.527. The van der Waals surface area contributed by atoms with E-state index in [0.29, 0.717) is 6.61 Å². The molecule has 1 N–H and O–H groups in total. The summed E-state index contributed by atoms with van der Waals surface area (Å²) in [5.74, 6) is 0. The van der Waals surface area contributed by atoms with Crippen molar-refractivity contribution in [3.05, 3.63) is 24.3 Å². The van der Waals surface area contributed by atoms with Gasteiger partial charge >= 0.3 is 116 Å². The predicted octanol–water partition coefficient (Wildman–Crippen LogP) is 2.74. The standard InChI is InChI=1S/C14H24AsN2O/c1-15(2)8-10-17(3)14-7-5-6-13(12-14)16-9-11-18-4/h5,7,12,16H,8-11H2,1-4H3. The van der Waals surface area contributed by atoms with Gasteiger partial charge in [-0.05, 0) is 0 Å². The summed E-state index contributed by atoms with van der Waals surface area (Å²) in [6, 6.07) is 9.45. The van der Waals surface area contributed by atoms with E-state index in [1.807, 2.05) is 6.07 Å². The minimum absolute atomic E-state index is 0.527. The van der Waals surface area contributed by atoms with Gasteiger partial charge in [-0.3, -0.25) is 0 Å². The molecule has 0 fully saturated rings. The third-order valence-corrected chi connectivity index (χ3v) is 5.03. The topological polar surface area (TPSA) is 24.5 Å². The number of anilines is 2. The van der Waals surface area contributed by atoms with Crippen LogP contribution in [0.5, 0.6) is 0 Å². The number of nitrogens with zero attached hydrogens (tertiary/aromatic N) is 1. The van der Waals surface area contributed by atoms with E-state index < -0.39 is 14.7 Å². The molecule has 3 nitrogen and oxygen atoms in total. The fraction of sp³-hybridized carbons (Fsp3) is 0.571. The van der Waals surface area contributed by atoms with Gasteiger partial charge < -0.3 is 0 Å². The number of nitrogens with one attached hydrogen (secondary N) is 1. The van der Waals surface area contributed by atoms with Gasteiger partial charge in [0.15, 0.2) is 0 Å². The molecule has 0 aromatic heterocycles. The summed E-state index contributed by atoms with van der Waals surface area (Å²) in [5, 5.41) is 4.66. The van der Waals surface area contributed by atoms with Crippen molar-refractivity contribution in [1.29, 1.82) is 0 Å². The maximum atomic E-state index is 5.02. The fourth-order valence-electron chi connectivity index (χ4n) is 1.56. The van der Waals surface area contributed by atoms with Crippen molar-refractivity contribution in [2.45, 2.75) is 16.6 Å². The zero-order chi connectivity index (χ0) is 13.4. The van der Waals surface area contributed by atoms with Crippen molar-refractivity contribution in [2.75, 3.05) is 44.1 Å². The van der Waals surface area contributed by atoms with Gasteiger partial charge in [0.1, 0.15) is 0 Å². The number of hydrogen-bond acceptors (Lipinski definition) is 3. The van der Waals surface area contributed by atoms with Crippen LogP contribution in [0, 0.1) is 6.07 Å². The van der Waals surface area contributed by atoms with E-state index in [4.69, 9.17) is 4.74 Å². The number of methoxy groups -OCH3 is 1. The van der Waals surface area contributed by atoms with Crippen LogP contribution < -0.4 is 10.2 Å². The molecular weight excluding hydrogens is 287 g/mol. The molecular formula is C14H24AsN2O. The van der Waals surface area contributed by atoms with E-state index in [1.165, 1.54) is 10.9 Å². The summed E-state index contributed by atoms with van der Waals surface area (Å²) < 4.78 is 5.02. The first-order valence-electron chi connectivity index (χ1n) is 6.24. The van der Waals surface area contributed by atoms with Crippen molar-refractivity contribution in [1.82, 2.24) is 0 Å². The molecule has 101 valence electrons. The van der Waals surface area contributed by atoms with Gasteiger partial charge in [-0.1, -0.05) is 0 Å². The van der Waals surface area contributed by atoms with Gasteiger partial charge in [0.05, 0.1) is 0 Å². The van der Waals surface area contributed by atoms with E-state index in [-0.39, 0.29) is 0 Å².